The van der Waals surface area contributed by atoms with Crippen LogP contribution >= 0.6 is 11.8 Å². The average molecular weight is 392 g/mol. The quantitative estimate of drug-likeness (QED) is 0.707. The smallest absolute Gasteiger partial charge is 0.182 e. The maximum Gasteiger partial charge on any atom is 0.182 e. The fourth-order valence-electron chi connectivity index (χ4n) is 3.26. The number of aromatic hydroxyl groups is 1. The summed E-state index contributed by atoms with van der Waals surface area (Å²) in [6.45, 7) is 14.7. The molecule has 1 heterocycles. The Kier molecular flexibility index (Phi) is 6.37. The van der Waals surface area contributed by atoms with Crippen molar-refractivity contribution in [2.24, 2.45) is 0 Å². The van der Waals surface area contributed by atoms with E-state index in [2.05, 4.69) is 4.90 Å². The maximum atomic E-state index is 13.1. The van der Waals surface area contributed by atoms with Gasteiger partial charge < -0.3 is 15.1 Å². The van der Waals surface area contributed by atoms with Gasteiger partial charge in [0.25, 0.3) is 0 Å². The highest BCUT2D eigenvalue weighted by atomic mass is 32.2. The minimum absolute atomic E-state index is 0.0520. The zero-order chi connectivity index (χ0) is 20.6. The van der Waals surface area contributed by atoms with E-state index >= 15 is 0 Å². The number of ketones is 1. The van der Waals surface area contributed by atoms with Crippen LogP contribution in [-0.2, 0) is 10.8 Å². The number of carbonyl (C=O) groups excluding carboxylic acids is 1. The first kappa shape index (κ1) is 21.8. The molecular formula is C22H33NO3S. The number of aliphatic hydroxyl groups excluding tert-OH is 1. The Labute approximate surface area is 167 Å². The lowest BCUT2D eigenvalue weighted by Gasteiger charge is -2.28. The highest BCUT2D eigenvalue weighted by Gasteiger charge is 2.29. The second-order valence-electron chi connectivity index (χ2n) is 9.30. The van der Waals surface area contributed by atoms with Crippen molar-refractivity contribution < 1.29 is 15.0 Å². The SMILES string of the molecule is CC1=C(CCO)SCN1CC(=O)c1cc(C(C)(C)C)c(O)c(C(C)(C)C)c1. The fraction of sp³-hybridized carbons (Fsp3) is 0.591. The highest BCUT2D eigenvalue weighted by Crippen LogP contribution is 2.40. The monoisotopic (exact) mass is 391 g/mol. The van der Waals surface area contributed by atoms with Crippen LogP contribution < -0.4 is 0 Å². The van der Waals surface area contributed by atoms with Crippen LogP contribution in [0.3, 0.4) is 0 Å². The van der Waals surface area contributed by atoms with Gasteiger partial charge in [0, 0.05) is 40.3 Å². The molecule has 0 atom stereocenters. The summed E-state index contributed by atoms with van der Waals surface area (Å²) < 4.78 is 0. The third-order valence-electron chi connectivity index (χ3n) is 4.99. The third kappa shape index (κ3) is 4.88. The number of phenolic OH excluding ortho intramolecular Hbond substituents is 1. The number of Topliss-reactive ketones (excluding diaryl/α,β-unsaturated/α-hetero) is 1. The maximum absolute atomic E-state index is 13.1. The van der Waals surface area contributed by atoms with Crippen molar-refractivity contribution in [2.45, 2.75) is 65.7 Å². The van der Waals surface area contributed by atoms with Gasteiger partial charge in [-0.1, -0.05) is 41.5 Å². The van der Waals surface area contributed by atoms with Gasteiger partial charge in [0.05, 0.1) is 12.4 Å². The lowest BCUT2D eigenvalue weighted by molar-refractivity contribution is 0.0958. The molecule has 150 valence electrons. The largest absolute Gasteiger partial charge is 0.507 e. The van der Waals surface area contributed by atoms with E-state index in [-0.39, 0.29) is 23.2 Å². The average Bonchev–Trinajstić information content (AvgIpc) is 2.86. The van der Waals surface area contributed by atoms with Gasteiger partial charge in [-0.15, -0.1) is 11.8 Å². The first-order valence-corrected chi connectivity index (χ1v) is 10.4. The summed E-state index contributed by atoms with van der Waals surface area (Å²) in [5, 5.41) is 20.0. The van der Waals surface area contributed by atoms with Crippen LogP contribution in [0, 0.1) is 0 Å². The Hall–Kier alpha value is -1.46. The third-order valence-corrected chi connectivity index (χ3v) is 6.28. The van der Waals surface area contributed by atoms with Gasteiger partial charge in [0.1, 0.15) is 5.75 Å². The Morgan fingerprint density at radius 2 is 1.63 bits per heavy atom. The summed E-state index contributed by atoms with van der Waals surface area (Å²) in [5.41, 5.74) is 2.83. The Bertz CT molecular complexity index is 719. The van der Waals surface area contributed by atoms with E-state index < -0.39 is 0 Å². The predicted octanol–water partition coefficient (Wildman–Crippen LogP) is 4.79. The van der Waals surface area contributed by atoms with E-state index in [9.17, 15) is 15.0 Å². The van der Waals surface area contributed by atoms with E-state index in [4.69, 9.17) is 0 Å². The number of rotatable bonds is 5. The van der Waals surface area contributed by atoms with Gasteiger partial charge >= 0.3 is 0 Å². The number of thioether (sulfide) groups is 1. The van der Waals surface area contributed by atoms with Crippen molar-refractivity contribution in [3.05, 3.63) is 39.4 Å². The molecule has 0 aromatic heterocycles. The van der Waals surface area contributed by atoms with Gasteiger partial charge in [-0.3, -0.25) is 4.79 Å². The number of hydrogen-bond donors (Lipinski definition) is 2. The van der Waals surface area contributed by atoms with E-state index in [0.29, 0.717) is 24.3 Å². The van der Waals surface area contributed by atoms with E-state index in [1.807, 2.05) is 60.6 Å². The van der Waals surface area contributed by atoms with Gasteiger partial charge in [0.15, 0.2) is 5.78 Å². The van der Waals surface area contributed by atoms with Crippen molar-refractivity contribution in [1.82, 2.24) is 4.90 Å². The Balaban J connectivity index is 2.39. The van der Waals surface area contributed by atoms with Crippen molar-refractivity contribution in [3.63, 3.8) is 0 Å². The van der Waals surface area contributed by atoms with Gasteiger partial charge in [-0.05, 0) is 29.9 Å². The van der Waals surface area contributed by atoms with Crippen molar-refractivity contribution in [2.75, 3.05) is 19.0 Å². The number of carbonyl (C=O) groups is 1. The van der Waals surface area contributed by atoms with Crippen LogP contribution in [0.4, 0.5) is 0 Å². The van der Waals surface area contributed by atoms with Crippen LogP contribution in [0.1, 0.15) is 76.4 Å². The molecule has 0 spiro atoms. The molecule has 0 fully saturated rings. The molecule has 27 heavy (non-hydrogen) atoms. The number of phenols is 1. The van der Waals surface area contributed by atoms with Crippen LogP contribution in [0.5, 0.6) is 5.75 Å². The van der Waals surface area contributed by atoms with Crippen LogP contribution in [0.2, 0.25) is 0 Å². The highest BCUT2D eigenvalue weighted by molar-refractivity contribution is 8.03. The second kappa shape index (κ2) is 7.88. The Morgan fingerprint density at radius 3 is 2.07 bits per heavy atom. The van der Waals surface area contributed by atoms with Crippen LogP contribution in [-0.4, -0.2) is 39.9 Å². The second-order valence-corrected chi connectivity index (χ2v) is 10.3. The number of benzene rings is 1. The Morgan fingerprint density at radius 1 is 1.11 bits per heavy atom. The molecule has 0 amide bonds. The van der Waals surface area contributed by atoms with E-state index in [1.54, 1.807) is 11.8 Å². The molecule has 1 aliphatic heterocycles. The van der Waals surface area contributed by atoms with E-state index in [1.165, 1.54) is 0 Å². The minimum Gasteiger partial charge on any atom is -0.507 e. The zero-order valence-electron chi connectivity index (χ0n) is 17.6. The predicted molar refractivity (Wildman–Crippen MR) is 113 cm³/mol. The summed E-state index contributed by atoms with van der Waals surface area (Å²) in [7, 11) is 0. The summed E-state index contributed by atoms with van der Waals surface area (Å²) in [5.74, 6) is 1.09. The van der Waals surface area contributed by atoms with Gasteiger partial charge in [-0.25, -0.2) is 0 Å². The fourth-order valence-corrected chi connectivity index (χ4v) is 4.43. The summed E-state index contributed by atoms with van der Waals surface area (Å²) in [6, 6.07) is 3.70. The molecule has 1 aromatic carbocycles. The number of aliphatic hydroxyl groups is 1. The topological polar surface area (TPSA) is 60.8 Å². The molecule has 1 aromatic rings. The number of allylic oxidation sites excluding steroid dienone is 1. The minimum atomic E-state index is -0.256. The summed E-state index contributed by atoms with van der Waals surface area (Å²) in [6.07, 6.45) is 0.642. The molecule has 4 nitrogen and oxygen atoms in total. The van der Waals surface area contributed by atoms with Crippen molar-refractivity contribution >= 4 is 17.5 Å². The molecule has 0 unspecified atom stereocenters. The molecule has 1 aliphatic rings. The van der Waals surface area contributed by atoms with Gasteiger partial charge in [-0.2, -0.15) is 0 Å². The van der Waals surface area contributed by atoms with E-state index in [0.717, 1.165) is 27.6 Å². The van der Waals surface area contributed by atoms with Crippen molar-refractivity contribution in [3.8, 4) is 5.75 Å². The first-order valence-electron chi connectivity index (χ1n) is 9.45. The molecule has 0 saturated heterocycles. The summed E-state index contributed by atoms with van der Waals surface area (Å²) >= 11 is 1.69. The lowest BCUT2D eigenvalue weighted by atomic mass is 9.78. The first-order chi connectivity index (χ1) is 12.4. The molecule has 0 aliphatic carbocycles. The lowest BCUT2D eigenvalue weighted by Crippen LogP contribution is -2.27. The normalized spacial score (nSPS) is 15.6. The molecule has 2 rings (SSSR count). The zero-order valence-corrected chi connectivity index (χ0v) is 18.5. The molecule has 0 radical (unpaired) electrons. The van der Waals surface area contributed by atoms with Crippen LogP contribution in [0.25, 0.3) is 0 Å². The molecule has 5 heteroatoms. The summed E-state index contributed by atoms with van der Waals surface area (Å²) in [4.78, 5) is 16.3. The molecule has 0 saturated carbocycles. The number of nitrogens with zero attached hydrogens (tertiary/aromatic N) is 1. The molecule has 2 N–H and O–H groups in total. The standard InChI is InChI=1S/C22H33NO3S/c1-14-19(8-9-24)27-13-23(14)12-18(25)15-10-16(21(2,3)4)20(26)17(11-15)22(5,6)7/h10-11,24,26H,8-9,12-13H2,1-7H3. The van der Waals surface area contributed by atoms with Crippen LogP contribution in [0.15, 0.2) is 22.7 Å². The molecular weight excluding hydrogens is 358 g/mol. The number of hydrogen-bond acceptors (Lipinski definition) is 5. The molecule has 0 bridgehead atoms. The van der Waals surface area contributed by atoms with Crippen molar-refractivity contribution in [1.29, 1.82) is 0 Å². The van der Waals surface area contributed by atoms with Gasteiger partial charge in [0.2, 0.25) is 0 Å².